The second-order valence-corrected chi connectivity index (χ2v) is 8.86. The van der Waals surface area contributed by atoms with E-state index in [1.807, 2.05) is 36.4 Å². The molecule has 3 aromatic rings. The molecule has 4 rings (SSSR count). The highest BCUT2D eigenvalue weighted by molar-refractivity contribution is 6.33. The van der Waals surface area contributed by atoms with E-state index in [1.165, 1.54) is 18.2 Å². The van der Waals surface area contributed by atoms with Crippen molar-refractivity contribution in [3.63, 3.8) is 0 Å². The molecule has 2 amide bonds. The molecule has 3 aromatic carbocycles. The van der Waals surface area contributed by atoms with Gasteiger partial charge in [0.2, 0.25) is 0 Å². The highest BCUT2D eigenvalue weighted by atomic mass is 35.5. The van der Waals surface area contributed by atoms with Crippen LogP contribution in [0.5, 0.6) is 0 Å². The van der Waals surface area contributed by atoms with Gasteiger partial charge in [-0.25, -0.2) is 4.79 Å². The van der Waals surface area contributed by atoms with Crippen molar-refractivity contribution in [2.45, 2.75) is 31.7 Å². The molecule has 0 bridgehead atoms. The van der Waals surface area contributed by atoms with Gasteiger partial charge in [0.25, 0.3) is 5.91 Å². The lowest BCUT2D eigenvalue weighted by Crippen LogP contribution is -2.33. The summed E-state index contributed by atoms with van der Waals surface area (Å²) in [6.45, 7) is 1.88. The molecule has 0 fully saturated rings. The third kappa shape index (κ3) is 5.63. The topological polar surface area (TPSA) is 105 Å². The molecule has 0 heterocycles. The maximum Gasteiger partial charge on any atom is 0.411 e. The molecule has 0 spiro atoms. The lowest BCUT2D eigenvalue weighted by molar-refractivity contribution is -0.137. The van der Waals surface area contributed by atoms with Crippen molar-refractivity contribution in [1.29, 1.82) is 0 Å². The van der Waals surface area contributed by atoms with Gasteiger partial charge in [0.05, 0.1) is 10.7 Å². The fourth-order valence-corrected chi connectivity index (χ4v) is 4.39. The summed E-state index contributed by atoms with van der Waals surface area (Å²) in [4.78, 5) is 35.9. The minimum Gasteiger partial charge on any atom is -0.481 e. The molecule has 0 aromatic heterocycles. The number of carbonyl (C=O) groups is 3. The maximum absolute atomic E-state index is 12.6. The summed E-state index contributed by atoms with van der Waals surface area (Å²) in [7, 11) is 0. The van der Waals surface area contributed by atoms with Crippen LogP contribution in [-0.2, 0) is 9.53 Å². The Bertz CT molecular complexity index is 1230. The van der Waals surface area contributed by atoms with Gasteiger partial charge in [0, 0.05) is 23.9 Å². The van der Waals surface area contributed by atoms with Crippen molar-refractivity contribution in [3.05, 3.63) is 88.4 Å². The SMILES string of the molecule is CC(CCC(=O)O)NC(=O)c1ccc(Cl)c(NC(=O)OCC2c3ccccc3-c3ccccc32)c1. The highest BCUT2D eigenvalue weighted by Gasteiger charge is 2.29. The third-order valence-electron chi connectivity index (χ3n) is 5.98. The first-order valence-electron chi connectivity index (χ1n) is 11.3. The number of benzene rings is 3. The van der Waals surface area contributed by atoms with Crippen LogP contribution in [0.3, 0.4) is 0 Å². The number of carboxylic acids is 1. The minimum atomic E-state index is -0.924. The Labute approximate surface area is 208 Å². The molecule has 1 aliphatic rings. The fourth-order valence-electron chi connectivity index (χ4n) is 4.23. The number of ether oxygens (including phenoxy) is 1. The number of amides is 2. The van der Waals surface area contributed by atoms with Gasteiger partial charge in [0.15, 0.2) is 0 Å². The number of halogens is 1. The van der Waals surface area contributed by atoms with E-state index in [0.717, 1.165) is 22.3 Å². The van der Waals surface area contributed by atoms with Crippen molar-refractivity contribution in [2.24, 2.45) is 0 Å². The average Bonchev–Trinajstić information content (AvgIpc) is 3.16. The lowest BCUT2D eigenvalue weighted by Gasteiger charge is -2.16. The third-order valence-corrected chi connectivity index (χ3v) is 6.31. The van der Waals surface area contributed by atoms with E-state index in [0.29, 0.717) is 6.42 Å². The smallest absolute Gasteiger partial charge is 0.411 e. The Morgan fingerprint density at radius 2 is 1.63 bits per heavy atom. The molecule has 0 aliphatic heterocycles. The first-order valence-corrected chi connectivity index (χ1v) is 11.7. The number of rotatable bonds is 8. The Hall–Kier alpha value is -3.84. The molecule has 0 saturated heterocycles. The van der Waals surface area contributed by atoms with Gasteiger partial charge in [-0.2, -0.15) is 0 Å². The van der Waals surface area contributed by atoms with Crippen molar-refractivity contribution < 1.29 is 24.2 Å². The van der Waals surface area contributed by atoms with E-state index in [9.17, 15) is 14.4 Å². The number of hydrogen-bond acceptors (Lipinski definition) is 4. The average molecular weight is 493 g/mol. The summed E-state index contributed by atoms with van der Waals surface area (Å²) in [5, 5.41) is 14.4. The summed E-state index contributed by atoms with van der Waals surface area (Å²) in [5.41, 5.74) is 5.01. The van der Waals surface area contributed by atoms with Gasteiger partial charge < -0.3 is 15.2 Å². The Morgan fingerprint density at radius 3 is 2.26 bits per heavy atom. The van der Waals surface area contributed by atoms with E-state index in [2.05, 4.69) is 22.8 Å². The summed E-state index contributed by atoms with van der Waals surface area (Å²) >= 11 is 6.23. The number of aliphatic carboxylic acids is 1. The van der Waals surface area contributed by atoms with Crippen molar-refractivity contribution in [2.75, 3.05) is 11.9 Å². The summed E-state index contributed by atoms with van der Waals surface area (Å²) in [6.07, 6.45) is -0.419. The molecular formula is C27H25ClN2O5. The van der Waals surface area contributed by atoms with Gasteiger partial charge in [-0.05, 0) is 53.8 Å². The van der Waals surface area contributed by atoms with Gasteiger partial charge >= 0.3 is 12.1 Å². The van der Waals surface area contributed by atoms with Gasteiger partial charge in [0.1, 0.15) is 6.61 Å². The van der Waals surface area contributed by atoms with Gasteiger partial charge in [-0.1, -0.05) is 60.1 Å². The van der Waals surface area contributed by atoms with Gasteiger partial charge in [-0.3, -0.25) is 14.9 Å². The monoisotopic (exact) mass is 492 g/mol. The first-order chi connectivity index (χ1) is 16.8. The Morgan fingerprint density at radius 1 is 1.00 bits per heavy atom. The summed E-state index contributed by atoms with van der Waals surface area (Å²) in [5.74, 6) is -1.39. The second kappa shape index (κ2) is 10.6. The zero-order chi connectivity index (χ0) is 24.9. The van der Waals surface area contributed by atoms with E-state index in [4.69, 9.17) is 21.4 Å². The Kier molecular flexibility index (Phi) is 7.36. The lowest BCUT2D eigenvalue weighted by atomic mass is 9.98. The fraction of sp³-hybridized carbons (Fsp3) is 0.222. The standard InChI is InChI=1S/C27H25ClN2O5/c1-16(10-13-25(31)32)29-26(33)17-11-12-23(28)24(14-17)30-27(34)35-15-22-20-8-4-2-6-18(20)19-7-3-5-9-21(19)22/h2-9,11-12,14,16,22H,10,13,15H2,1H3,(H,29,33)(H,30,34)(H,31,32). The Balaban J connectivity index is 1.40. The van der Waals surface area contributed by atoms with Crippen molar-refractivity contribution >= 4 is 35.3 Å². The van der Waals surface area contributed by atoms with Crippen LogP contribution in [0.1, 0.15) is 47.2 Å². The molecule has 7 nitrogen and oxygen atoms in total. The normalized spacial score (nSPS) is 12.9. The van der Waals surface area contributed by atoms with E-state index in [-0.39, 0.29) is 41.3 Å². The van der Waals surface area contributed by atoms with Gasteiger partial charge in [-0.15, -0.1) is 0 Å². The zero-order valence-corrected chi connectivity index (χ0v) is 19.8. The maximum atomic E-state index is 12.6. The van der Waals surface area contributed by atoms with E-state index < -0.39 is 18.0 Å². The van der Waals surface area contributed by atoms with Crippen molar-refractivity contribution in [3.8, 4) is 11.1 Å². The molecule has 3 N–H and O–H groups in total. The highest BCUT2D eigenvalue weighted by Crippen LogP contribution is 2.44. The predicted octanol–water partition coefficient (Wildman–Crippen LogP) is 5.68. The van der Waals surface area contributed by atoms with E-state index in [1.54, 1.807) is 6.92 Å². The molecule has 1 atom stereocenters. The predicted molar refractivity (Wildman–Crippen MR) is 134 cm³/mol. The van der Waals surface area contributed by atoms with Crippen LogP contribution in [-0.4, -0.2) is 35.7 Å². The molecule has 35 heavy (non-hydrogen) atoms. The molecule has 0 radical (unpaired) electrons. The molecule has 1 unspecified atom stereocenters. The largest absolute Gasteiger partial charge is 0.481 e. The number of nitrogens with one attached hydrogen (secondary N) is 2. The van der Waals surface area contributed by atoms with Crippen LogP contribution in [0.15, 0.2) is 66.7 Å². The van der Waals surface area contributed by atoms with Crippen LogP contribution in [0, 0.1) is 0 Å². The second-order valence-electron chi connectivity index (χ2n) is 8.45. The number of anilines is 1. The van der Waals surface area contributed by atoms with Crippen molar-refractivity contribution in [1.82, 2.24) is 5.32 Å². The molecule has 8 heteroatoms. The number of carboxylic acid groups (broad SMARTS) is 1. The minimum absolute atomic E-state index is 0.0450. The molecule has 0 saturated carbocycles. The number of hydrogen-bond donors (Lipinski definition) is 3. The van der Waals surface area contributed by atoms with Crippen LogP contribution in [0.4, 0.5) is 10.5 Å². The first kappa shape index (κ1) is 24.3. The quantitative estimate of drug-likeness (QED) is 0.375. The van der Waals surface area contributed by atoms with E-state index >= 15 is 0 Å². The zero-order valence-electron chi connectivity index (χ0n) is 19.1. The number of carbonyl (C=O) groups excluding carboxylic acids is 2. The van der Waals surface area contributed by atoms with Crippen LogP contribution >= 0.6 is 11.6 Å². The molecule has 1 aliphatic carbocycles. The molecular weight excluding hydrogens is 468 g/mol. The molecule has 180 valence electrons. The van der Waals surface area contributed by atoms with Crippen LogP contribution in [0.25, 0.3) is 11.1 Å². The summed E-state index contributed by atoms with van der Waals surface area (Å²) in [6, 6.07) is 20.3. The number of fused-ring (bicyclic) bond motifs is 3. The van der Waals surface area contributed by atoms with Crippen LogP contribution < -0.4 is 10.6 Å². The summed E-state index contributed by atoms with van der Waals surface area (Å²) < 4.78 is 5.55. The van der Waals surface area contributed by atoms with Crippen LogP contribution in [0.2, 0.25) is 5.02 Å².